The Morgan fingerprint density at radius 3 is 2.46 bits per heavy atom. The Bertz CT molecular complexity index is 3210. The van der Waals surface area contributed by atoms with E-state index in [-0.39, 0.29) is 36.1 Å². The number of ether oxygens (including phenoxy) is 2. The van der Waals surface area contributed by atoms with Gasteiger partial charge in [-0.2, -0.15) is 8.62 Å². The third kappa shape index (κ3) is 10.7. The van der Waals surface area contributed by atoms with Crippen LogP contribution in [-0.2, 0) is 44.4 Å². The predicted molar refractivity (Wildman–Crippen MR) is 242 cm³/mol. The van der Waals surface area contributed by atoms with E-state index in [0.717, 1.165) is 95.6 Å². The van der Waals surface area contributed by atoms with Crippen LogP contribution in [-0.4, -0.2) is 91.5 Å². The molecule has 4 aromatic rings. The van der Waals surface area contributed by atoms with Crippen LogP contribution in [0.3, 0.4) is 0 Å². The van der Waals surface area contributed by atoms with Crippen molar-refractivity contribution in [2.45, 2.75) is 64.7 Å². The number of hydrogen-bond donors (Lipinski definition) is 7. The largest absolute Gasteiger partial charge is 0.490 e. The minimum absolute atomic E-state index is 0.0429. The Balaban J connectivity index is 1.01. The summed E-state index contributed by atoms with van der Waals surface area (Å²) in [5.74, 6) is 4.59. The highest BCUT2D eigenvalue weighted by Gasteiger charge is 2.42. The van der Waals surface area contributed by atoms with Crippen LogP contribution in [0.25, 0.3) is 5.57 Å². The molecule has 7 N–H and O–H groups in total. The van der Waals surface area contributed by atoms with Gasteiger partial charge in [-0.3, -0.25) is 23.7 Å². The third-order valence-corrected chi connectivity index (χ3v) is 15.7. The topological polar surface area (TPSA) is 306 Å². The molecule has 8 rings (SSSR count). The number of amides is 1. The number of hydrogen-bond acceptors (Lipinski definition) is 13. The maximum absolute atomic E-state index is 13.5. The van der Waals surface area contributed by atoms with Crippen molar-refractivity contribution in [1.82, 2.24) is 19.4 Å². The van der Waals surface area contributed by atoms with Crippen molar-refractivity contribution in [2.24, 2.45) is 0 Å². The molecule has 0 spiro atoms. The molecule has 0 radical (unpaired) electrons. The van der Waals surface area contributed by atoms with E-state index in [0.29, 0.717) is 22.6 Å². The number of nitrogens with zero attached hydrogens (tertiary/aromatic N) is 3. The maximum Gasteiger partial charge on any atom is 0.490 e. The molecule has 1 amide bonds. The quantitative estimate of drug-likeness (QED) is 0.0478. The van der Waals surface area contributed by atoms with Crippen molar-refractivity contribution >= 4 is 46.6 Å². The molecule has 360 valence electrons. The van der Waals surface area contributed by atoms with Crippen molar-refractivity contribution in [1.29, 1.82) is 0 Å². The zero-order valence-corrected chi connectivity index (χ0v) is 39.3. The van der Waals surface area contributed by atoms with E-state index in [4.69, 9.17) is 19.3 Å². The van der Waals surface area contributed by atoms with Gasteiger partial charge in [0.2, 0.25) is 5.36 Å². The highest BCUT2D eigenvalue weighted by Crippen LogP contribution is 2.66. The zero-order chi connectivity index (χ0) is 48.7. The van der Waals surface area contributed by atoms with Crippen molar-refractivity contribution < 1.29 is 70.6 Å². The van der Waals surface area contributed by atoms with Crippen LogP contribution >= 0.6 is 23.5 Å². The Hall–Kier alpha value is -5.52. The van der Waals surface area contributed by atoms with Crippen LogP contribution in [0.1, 0.15) is 94.3 Å². The number of rotatable bonds is 14. The lowest BCUT2D eigenvalue weighted by Crippen LogP contribution is -2.39. The second kappa shape index (κ2) is 19.5. The first kappa shape index (κ1) is 48.9. The average Bonchev–Trinajstić information content (AvgIpc) is 3.75. The van der Waals surface area contributed by atoms with E-state index in [9.17, 15) is 47.8 Å². The van der Waals surface area contributed by atoms with Gasteiger partial charge in [-0.25, -0.2) is 27.9 Å². The fraction of sp³-hybridized carbons (Fsp3) is 0.372. The van der Waals surface area contributed by atoms with E-state index in [2.05, 4.69) is 70.7 Å². The first-order valence-corrected chi connectivity index (χ1v) is 26.1. The van der Waals surface area contributed by atoms with E-state index < -0.39 is 65.5 Å². The first-order chi connectivity index (χ1) is 32.2. The first-order valence-electron chi connectivity index (χ1n) is 21.6. The number of fused-ring (bicyclic) bond motifs is 4. The molecule has 0 aliphatic carbocycles. The number of benzene rings is 3. The summed E-state index contributed by atoms with van der Waals surface area (Å²) in [4.78, 5) is 93.0. The van der Waals surface area contributed by atoms with Crippen LogP contribution in [0.5, 0.6) is 11.5 Å². The second-order valence-electron chi connectivity index (χ2n) is 16.2. The highest BCUT2D eigenvalue weighted by molar-refractivity contribution is 7.66. The number of anilines is 1. The smallest absolute Gasteiger partial charge is 0.478 e. The summed E-state index contributed by atoms with van der Waals surface area (Å²) in [6, 6.07) is 12.8. The van der Waals surface area contributed by atoms with Gasteiger partial charge in [-0.1, -0.05) is 17.9 Å². The molecular formula is C43H47N5O17P3+. The summed E-state index contributed by atoms with van der Waals surface area (Å²) in [5, 5.41) is 15.2. The summed E-state index contributed by atoms with van der Waals surface area (Å²) in [5.41, 5.74) is 3.24. The molecule has 5 heterocycles. The number of aromatic nitrogens is 2. The second-order valence-corrected chi connectivity index (χ2v) is 20.7. The fourth-order valence-corrected chi connectivity index (χ4v) is 11.9. The highest BCUT2D eigenvalue weighted by atomic mass is 31.3. The van der Waals surface area contributed by atoms with Gasteiger partial charge in [-0.05, 0) is 81.3 Å². The molecule has 22 nitrogen and oxygen atoms in total. The molecule has 2 unspecified atom stereocenters. The Morgan fingerprint density at radius 1 is 0.941 bits per heavy atom. The summed E-state index contributed by atoms with van der Waals surface area (Å²) in [6.45, 7) is 6.67. The Kier molecular flexibility index (Phi) is 14.0. The lowest BCUT2D eigenvalue weighted by Gasteiger charge is -2.32. The molecule has 0 saturated carbocycles. The minimum atomic E-state index is -5.73. The maximum atomic E-state index is 13.5. The lowest BCUT2D eigenvalue weighted by molar-refractivity contribution is -0.0243. The average molecular weight is 999 g/mol. The molecule has 68 heavy (non-hydrogen) atoms. The molecule has 4 atom stereocenters. The van der Waals surface area contributed by atoms with Crippen molar-refractivity contribution in [3.8, 4) is 23.3 Å². The normalized spacial score (nSPS) is 19.2. The molecule has 1 aromatic heterocycles. The van der Waals surface area contributed by atoms with Crippen LogP contribution in [0.2, 0.25) is 0 Å². The van der Waals surface area contributed by atoms with Gasteiger partial charge in [0.05, 0.1) is 30.9 Å². The van der Waals surface area contributed by atoms with Gasteiger partial charge in [0.25, 0.3) is 11.5 Å². The zero-order valence-electron chi connectivity index (χ0n) is 36.6. The number of carboxylic acids is 1. The Labute approximate surface area is 386 Å². The number of aryl methyl sites for hydroxylation is 2. The molecule has 4 aliphatic rings. The van der Waals surface area contributed by atoms with Gasteiger partial charge in [-0.15, -0.1) is 0 Å². The van der Waals surface area contributed by atoms with Crippen LogP contribution < -0.4 is 41.4 Å². The molecular weight excluding hydrogens is 951 g/mol. The number of carboxylic acid groups (broad SMARTS) is 1. The number of H-pyrrole nitrogens is 1. The van der Waals surface area contributed by atoms with E-state index >= 15 is 0 Å². The van der Waals surface area contributed by atoms with E-state index in [1.165, 1.54) is 6.07 Å². The lowest BCUT2D eigenvalue weighted by atomic mass is 9.86. The summed E-state index contributed by atoms with van der Waals surface area (Å²) in [6.07, 6.45) is 2.94. The summed E-state index contributed by atoms with van der Waals surface area (Å²) >= 11 is 0. The molecule has 3 aromatic carbocycles. The molecule has 4 aliphatic heterocycles. The molecule has 1 fully saturated rings. The third-order valence-electron chi connectivity index (χ3n) is 11.9. The number of carbonyl (C=O) groups excluding carboxylic acids is 1. The van der Waals surface area contributed by atoms with Crippen molar-refractivity contribution in [2.75, 3.05) is 44.2 Å². The fourth-order valence-electron chi connectivity index (χ4n) is 8.88. The monoisotopic (exact) mass is 998 g/mol. The van der Waals surface area contributed by atoms with Crippen LogP contribution in [0.4, 0.5) is 5.69 Å². The number of phosphoric acid groups is 3. The number of aromatic carboxylic acids is 1. The molecule has 1 saturated heterocycles. The van der Waals surface area contributed by atoms with E-state index in [1.807, 2.05) is 12.1 Å². The van der Waals surface area contributed by atoms with Gasteiger partial charge >= 0.3 is 35.1 Å². The molecule has 25 heteroatoms. The van der Waals surface area contributed by atoms with Gasteiger partial charge in [0, 0.05) is 64.9 Å². The number of carbonyl (C=O) groups is 2. The van der Waals surface area contributed by atoms with Gasteiger partial charge < -0.3 is 44.4 Å². The van der Waals surface area contributed by atoms with Crippen LogP contribution in [0, 0.1) is 11.8 Å². The van der Waals surface area contributed by atoms with E-state index in [1.54, 1.807) is 12.1 Å². The summed E-state index contributed by atoms with van der Waals surface area (Å²) < 4.78 is 62.3. The number of phosphoric ester groups is 1. The van der Waals surface area contributed by atoms with Gasteiger partial charge in [0.1, 0.15) is 36.4 Å². The predicted octanol–water partition coefficient (Wildman–Crippen LogP) is 2.62. The van der Waals surface area contributed by atoms with Crippen LogP contribution in [0.15, 0.2) is 58.3 Å². The van der Waals surface area contributed by atoms with Crippen molar-refractivity contribution in [3.63, 3.8) is 0 Å². The Morgan fingerprint density at radius 2 is 1.72 bits per heavy atom. The SMILES string of the molecule is CCN1CCCc2cc3c(cc21)Oc1cc2c(cc1=C3c1ccc(C(=O)NCC#Cc3cn([C@H]4CC[C@@H](COP(=O)(O)OP(=O)(O)OP(=O)(O)O)O4)c(=O)[nH]c3=O)cc1C(=O)O)CCC[N+]=2CC. The standard InChI is InChI=1S/C43H46N5O17P3/c1-3-46-16-6-9-25-18-32-36(21-34(25)46)63-37-22-35-26(10-7-17-47(35)4-2)19-33(37)39(32)30-13-11-27(20-31(30)42(51)52)40(49)44-15-5-8-28-23-48(43(53)45-41(28)50)38-14-12-29(62-38)24-61-67(57,58)65-68(59,60)64-66(54,55)56/h11,13,18-23,29,38H,3-4,6-7,9-10,12,14-17,24H2,1-2H3,(H6-,44,45,49,50,51,52,53,54,55,56,57,58,59,60)/p+1/t29-,38+/m0/s1. The number of nitrogens with one attached hydrogen (secondary N) is 2. The summed E-state index contributed by atoms with van der Waals surface area (Å²) in [7, 11) is -16.7. The molecule has 0 bridgehead atoms. The number of aromatic amines is 1. The minimum Gasteiger partial charge on any atom is -0.478 e. The van der Waals surface area contributed by atoms with Gasteiger partial charge in [0.15, 0.2) is 0 Å². The van der Waals surface area contributed by atoms with Crippen molar-refractivity contribution in [3.05, 3.63) is 119 Å².